The number of alkyl halides is 2. The predicted octanol–water partition coefficient (Wildman–Crippen LogP) is 7.51. The molecule has 2 aromatic carbocycles. The number of β-amino-alcohol motifs (C(OH)–C–C–N with tert-alkyl or cyclic N) is 1. The lowest BCUT2D eigenvalue weighted by Gasteiger charge is -2.41. The number of nitrogens with one attached hydrogen (secondary N) is 2. The van der Waals surface area contributed by atoms with E-state index in [9.17, 15) is 28.6 Å². The third-order valence-corrected chi connectivity index (χ3v) is 10.7. The number of carbonyl (C=O) groups excluding carboxylic acids is 1. The van der Waals surface area contributed by atoms with Crippen LogP contribution in [0.3, 0.4) is 0 Å². The number of anilines is 3. The summed E-state index contributed by atoms with van der Waals surface area (Å²) in [5.74, 6) is -0.885. The number of likely N-dealkylation sites (tertiary alicyclic amines) is 1. The number of halogens is 3. The van der Waals surface area contributed by atoms with Gasteiger partial charge in [0, 0.05) is 62.8 Å². The lowest BCUT2D eigenvalue weighted by Crippen LogP contribution is -2.45. The number of hydrogen-bond acceptors (Lipinski definition) is 9. The Balaban J connectivity index is 1.17. The van der Waals surface area contributed by atoms with Gasteiger partial charge in [-0.15, -0.1) is 0 Å². The van der Waals surface area contributed by atoms with Crippen LogP contribution < -0.4 is 10.6 Å². The van der Waals surface area contributed by atoms with Gasteiger partial charge in [0.25, 0.3) is 12.3 Å². The average Bonchev–Trinajstić information content (AvgIpc) is 3.70. The van der Waals surface area contributed by atoms with Crippen LogP contribution in [0, 0.1) is 12.3 Å². The van der Waals surface area contributed by atoms with E-state index in [1.165, 1.54) is 4.90 Å². The van der Waals surface area contributed by atoms with Gasteiger partial charge in [0.1, 0.15) is 5.52 Å². The van der Waals surface area contributed by atoms with Crippen LogP contribution in [0.4, 0.5) is 30.8 Å². The smallest absolute Gasteiger partial charge is 0.407 e. The van der Waals surface area contributed by atoms with Gasteiger partial charge in [0.15, 0.2) is 17.5 Å². The number of aromatic nitrogens is 5. The Hall–Kier alpha value is -5.25. The van der Waals surface area contributed by atoms with E-state index in [1.54, 1.807) is 48.1 Å². The summed E-state index contributed by atoms with van der Waals surface area (Å²) in [7, 11) is 1.75. The zero-order valence-electron chi connectivity index (χ0n) is 31.1. The van der Waals surface area contributed by atoms with Gasteiger partial charge in [-0.1, -0.05) is 56.6 Å². The van der Waals surface area contributed by atoms with Crippen molar-refractivity contribution >= 4 is 51.8 Å². The van der Waals surface area contributed by atoms with E-state index in [0.29, 0.717) is 54.1 Å². The van der Waals surface area contributed by atoms with Gasteiger partial charge in [-0.05, 0) is 53.6 Å². The summed E-state index contributed by atoms with van der Waals surface area (Å²) in [4.78, 5) is 46.9. The van der Waals surface area contributed by atoms with Gasteiger partial charge < -0.3 is 25.4 Å². The third-order valence-electron chi connectivity index (χ3n) is 10.3. The van der Waals surface area contributed by atoms with Gasteiger partial charge in [-0.2, -0.15) is 0 Å². The fourth-order valence-corrected chi connectivity index (χ4v) is 7.90. The lowest BCUT2D eigenvalue weighted by atomic mass is 9.81. The molecule has 0 radical (unpaired) electrons. The molecule has 2 aliphatic rings. The molecule has 2 atom stereocenters. The zero-order valence-corrected chi connectivity index (χ0v) is 31.8. The van der Waals surface area contributed by atoms with Crippen molar-refractivity contribution in [2.75, 3.05) is 30.3 Å². The molecule has 55 heavy (non-hydrogen) atoms. The first-order valence-corrected chi connectivity index (χ1v) is 18.4. The number of amides is 2. The van der Waals surface area contributed by atoms with Crippen molar-refractivity contribution in [2.45, 2.75) is 65.7 Å². The molecule has 4 N–H and O–H groups in total. The maximum atomic E-state index is 14.0. The fourth-order valence-electron chi connectivity index (χ4n) is 7.63. The van der Waals surface area contributed by atoms with Crippen LogP contribution in [0.1, 0.15) is 78.6 Å². The standard InChI is InChI=1S/C39H42ClF2N9O4/c1-20-23(8-6-10-25(20)44-34-30-27(45-35(48-34)33(41)42)16-21(17-43-30)18-50-14-12-22(52)19-50)24-9-7-11-26(29(24)40)46-37(53)36-47-31-28(49(36)5)13-15-51(38(54)55)32(31)39(2,3)4/h6-11,16-17,22,32-33,52H,12-15,18-19H2,1-5H3,(H,46,53)(H,54,55)(H,44,45,48). The summed E-state index contributed by atoms with van der Waals surface area (Å²) in [6.45, 7) is 9.75. The molecule has 0 bridgehead atoms. The van der Waals surface area contributed by atoms with E-state index in [-0.39, 0.29) is 34.8 Å². The van der Waals surface area contributed by atoms with Gasteiger partial charge in [-0.3, -0.25) is 19.6 Å². The molecule has 2 unspecified atom stereocenters. The van der Waals surface area contributed by atoms with Crippen molar-refractivity contribution in [1.29, 1.82) is 0 Å². The molecule has 13 nitrogen and oxygen atoms in total. The minimum absolute atomic E-state index is 0.119. The number of pyridine rings is 1. The first-order chi connectivity index (χ1) is 26.1. The zero-order chi connectivity index (χ0) is 39.3. The Morgan fingerprint density at radius 1 is 1.05 bits per heavy atom. The second-order valence-corrected chi connectivity index (χ2v) is 15.5. The molecule has 0 spiro atoms. The molecule has 5 aromatic rings. The molecule has 16 heteroatoms. The number of hydrogen-bond donors (Lipinski definition) is 4. The van der Waals surface area contributed by atoms with E-state index in [2.05, 4.69) is 30.5 Å². The van der Waals surface area contributed by atoms with E-state index in [4.69, 9.17) is 16.6 Å². The summed E-state index contributed by atoms with van der Waals surface area (Å²) in [5.41, 5.74) is 5.24. The SMILES string of the molecule is Cc1c(Nc2nc(C(F)F)nc3cc(CN4CCC(O)C4)cnc23)cccc1-c1cccc(NC(=O)c2nc3c(n2C)CCN(C(=O)O)C3C(C)(C)C)c1Cl. The van der Waals surface area contributed by atoms with Crippen molar-refractivity contribution in [2.24, 2.45) is 12.5 Å². The highest BCUT2D eigenvalue weighted by atomic mass is 35.5. The summed E-state index contributed by atoms with van der Waals surface area (Å²) >= 11 is 6.99. The number of aliphatic hydroxyl groups is 1. The maximum absolute atomic E-state index is 14.0. The number of carboxylic acid groups (broad SMARTS) is 1. The van der Waals surface area contributed by atoms with Crippen LogP contribution in [0.15, 0.2) is 48.7 Å². The molecule has 3 aromatic heterocycles. The van der Waals surface area contributed by atoms with E-state index in [0.717, 1.165) is 28.9 Å². The van der Waals surface area contributed by atoms with E-state index < -0.39 is 35.7 Å². The molecule has 1 saturated heterocycles. The number of rotatable bonds is 8. The van der Waals surface area contributed by atoms with Crippen molar-refractivity contribution in [3.8, 4) is 11.1 Å². The van der Waals surface area contributed by atoms with Crippen molar-refractivity contribution in [1.82, 2.24) is 34.3 Å². The highest BCUT2D eigenvalue weighted by molar-refractivity contribution is 6.36. The van der Waals surface area contributed by atoms with Crippen molar-refractivity contribution < 1.29 is 28.6 Å². The number of imidazole rings is 1. The fraction of sp³-hybridized carbons (Fsp3) is 0.385. The topological polar surface area (TPSA) is 162 Å². The van der Waals surface area contributed by atoms with Crippen LogP contribution in [0.25, 0.3) is 22.2 Å². The summed E-state index contributed by atoms with van der Waals surface area (Å²) in [5, 5.41) is 26.2. The Kier molecular flexibility index (Phi) is 10.2. The first kappa shape index (κ1) is 38.0. The monoisotopic (exact) mass is 773 g/mol. The van der Waals surface area contributed by atoms with Gasteiger partial charge in [0.2, 0.25) is 0 Å². The molecular weight excluding hydrogens is 732 g/mol. The second-order valence-electron chi connectivity index (χ2n) is 15.2. The molecule has 7 rings (SSSR count). The van der Waals surface area contributed by atoms with Crippen LogP contribution >= 0.6 is 11.6 Å². The number of nitrogens with zero attached hydrogens (tertiary/aromatic N) is 7. The average molecular weight is 774 g/mol. The van der Waals surface area contributed by atoms with E-state index in [1.807, 2.05) is 39.8 Å². The molecule has 5 heterocycles. The van der Waals surface area contributed by atoms with Crippen LogP contribution in [-0.2, 0) is 20.0 Å². The summed E-state index contributed by atoms with van der Waals surface area (Å²) in [6.07, 6.45) is -1.58. The lowest BCUT2D eigenvalue weighted by molar-refractivity contribution is 0.0732. The predicted molar refractivity (Wildman–Crippen MR) is 205 cm³/mol. The van der Waals surface area contributed by atoms with Gasteiger partial charge >= 0.3 is 6.09 Å². The largest absolute Gasteiger partial charge is 0.465 e. The number of benzene rings is 2. The van der Waals surface area contributed by atoms with Gasteiger partial charge in [0.05, 0.1) is 34.1 Å². The van der Waals surface area contributed by atoms with Crippen LogP contribution in [-0.4, -0.2) is 82.3 Å². The van der Waals surface area contributed by atoms with Crippen LogP contribution in [0.2, 0.25) is 5.02 Å². The maximum Gasteiger partial charge on any atom is 0.407 e. The quantitative estimate of drug-likeness (QED) is 0.124. The highest BCUT2D eigenvalue weighted by Crippen LogP contribution is 2.43. The third kappa shape index (κ3) is 7.43. The molecule has 1 fully saturated rings. The molecule has 288 valence electrons. The summed E-state index contributed by atoms with van der Waals surface area (Å²) < 4.78 is 29.8. The number of carbonyl (C=O) groups is 2. The minimum atomic E-state index is -2.91. The Morgan fingerprint density at radius 2 is 1.78 bits per heavy atom. The summed E-state index contributed by atoms with van der Waals surface area (Å²) in [6, 6.07) is 11.9. The molecule has 0 saturated carbocycles. The first-order valence-electron chi connectivity index (χ1n) is 18.0. The second kappa shape index (κ2) is 14.8. The molecule has 2 amide bonds. The van der Waals surface area contributed by atoms with Crippen molar-refractivity contribution in [3.63, 3.8) is 0 Å². The highest BCUT2D eigenvalue weighted by Gasteiger charge is 2.42. The Bertz CT molecular complexity index is 2310. The molecule has 0 aliphatic carbocycles. The minimum Gasteiger partial charge on any atom is -0.465 e. The molecular formula is C39H42ClF2N9O4. The van der Waals surface area contributed by atoms with Crippen LogP contribution in [0.5, 0.6) is 0 Å². The Morgan fingerprint density at radius 3 is 2.45 bits per heavy atom. The number of aliphatic hydroxyl groups excluding tert-OH is 1. The van der Waals surface area contributed by atoms with Gasteiger partial charge in [-0.25, -0.2) is 28.5 Å². The normalized spacial score (nSPS) is 17.5. The van der Waals surface area contributed by atoms with Crippen molar-refractivity contribution in [3.05, 3.63) is 87.8 Å². The number of fused-ring (bicyclic) bond motifs is 2. The Labute approximate surface area is 321 Å². The molecule has 2 aliphatic heterocycles. The van der Waals surface area contributed by atoms with E-state index >= 15 is 0 Å².